The molecule has 1 fully saturated rings. The van der Waals surface area contributed by atoms with Gasteiger partial charge in [-0.1, -0.05) is 24.6 Å². The van der Waals surface area contributed by atoms with E-state index in [4.69, 9.17) is 0 Å². The Labute approximate surface area is 145 Å². The average molecular weight is 331 g/mol. The predicted octanol–water partition coefficient (Wildman–Crippen LogP) is 2.57. The van der Waals surface area contributed by atoms with Gasteiger partial charge in [-0.25, -0.2) is 0 Å². The zero-order chi connectivity index (χ0) is 17.7. The summed E-state index contributed by atoms with van der Waals surface area (Å²) in [6, 6.07) is 6.35. The summed E-state index contributed by atoms with van der Waals surface area (Å²) >= 11 is 0. The number of carbonyl (C=O) groups is 2. The van der Waals surface area contributed by atoms with Gasteiger partial charge in [-0.05, 0) is 51.3 Å². The molecule has 1 saturated heterocycles. The molecule has 0 radical (unpaired) electrons. The van der Waals surface area contributed by atoms with E-state index in [0.29, 0.717) is 12.6 Å². The monoisotopic (exact) mass is 331 g/mol. The number of piperidine rings is 1. The van der Waals surface area contributed by atoms with Gasteiger partial charge in [0.15, 0.2) is 0 Å². The third-order valence-electron chi connectivity index (χ3n) is 4.83. The summed E-state index contributed by atoms with van der Waals surface area (Å²) < 4.78 is 0. The number of hydrogen-bond donors (Lipinski definition) is 1. The van der Waals surface area contributed by atoms with Crippen LogP contribution in [0.15, 0.2) is 18.2 Å². The minimum atomic E-state index is -0.157. The number of rotatable bonds is 5. The van der Waals surface area contributed by atoms with E-state index in [0.717, 1.165) is 36.2 Å². The molecule has 0 unspecified atom stereocenters. The Bertz CT molecular complexity index is 580. The van der Waals surface area contributed by atoms with Crippen LogP contribution < -0.4 is 5.32 Å². The lowest BCUT2D eigenvalue weighted by atomic mass is 10.0. The first-order valence-electron chi connectivity index (χ1n) is 8.72. The van der Waals surface area contributed by atoms with Gasteiger partial charge in [-0.2, -0.15) is 0 Å². The van der Waals surface area contributed by atoms with Crippen molar-refractivity contribution in [3.63, 3.8) is 0 Å². The summed E-state index contributed by atoms with van der Waals surface area (Å²) in [6.07, 6.45) is 3.53. The fourth-order valence-electron chi connectivity index (χ4n) is 3.18. The maximum absolute atomic E-state index is 12.4. The van der Waals surface area contributed by atoms with Gasteiger partial charge < -0.3 is 10.2 Å². The Kier molecular flexibility index (Phi) is 6.37. The van der Waals surface area contributed by atoms with E-state index < -0.39 is 0 Å². The molecular formula is C19H29N3O2. The normalized spacial score (nSPS) is 18.2. The van der Waals surface area contributed by atoms with Gasteiger partial charge in [0.1, 0.15) is 0 Å². The predicted molar refractivity (Wildman–Crippen MR) is 97.1 cm³/mol. The highest BCUT2D eigenvalue weighted by Gasteiger charge is 2.23. The van der Waals surface area contributed by atoms with Crippen LogP contribution in [0.5, 0.6) is 0 Å². The van der Waals surface area contributed by atoms with E-state index in [9.17, 15) is 9.59 Å². The maximum Gasteiger partial charge on any atom is 0.243 e. The quantitative estimate of drug-likeness (QED) is 0.902. The highest BCUT2D eigenvalue weighted by atomic mass is 16.2. The average Bonchev–Trinajstić information content (AvgIpc) is 2.53. The molecule has 1 N–H and O–H groups in total. The fourth-order valence-corrected chi connectivity index (χ4v) is 3.18. The van der Waals surface area contributed by atoms with E-state index in [1.54, 1.807) is 7.05 Å². The molecule has 1 aromatic rings. The van der Waals surface area contributed by atoms with Crippen LogP contribution in [0.4, 0.5) is 5.69 Å². The van der Waals surface area contributed by atoms with Gasteiger partial charge in [-0.15, -0.1) is 0 Å². The zero-order valence-corrected chi connectivity index (χ0v) is 15.3. The molecule has 0 aliphatic carbocycles. The first-order valence-corrected chi connectivity index (χ1v) is 8.72. The molecule has 24 heavy (non-hydrogen) atoms. The Morgan fingerprint density at radius 3 is 2.54 bits per heavy atom. The third kappa shape index (κ3) is 4.81. The number of carbonyl (C=O) groups excluding carboxylic acids is 2. The molecule has 132 valence electrons. The summed E-state index contributed by atoms with van der Waals surface area (Å²) in [5.74, 6) is -0.157. The molecule has 0 aromatic heterocycles. The van der Waals surface area contributed by atoms with Crippen molar-refractivity contribution in [1.82, 2.24) is 9.80 Å². The van der Waals surface area contributed by atoms with Crippen LogP contribution in [0.1, 0.15) is 37.3 Å². The van der Waals surface area contributed by atoms with Crippen LogP contribution in [0.2, 0.25) is 0 Å². The third-order valence-corrected chi connectivity index (χ3v) is 4.83. The maximum atomic E-state index is 12.4. The molecule has 1 heterocycles. The van der Waals surface area contributed by atoms with E-state index >= 15 is 0 Å². The molecule has 0 bridgehead atoms. The van der Waals surface area contributed by atoms with Crippen LogP contribution in [0.3, 0.4) is 0 Å². The van der Waals surface area contributed by atoms with Crippen LogP contribution in [0.25, 0.3) is 0 Å². The van der Waals surface area contributed by atoms with Gasteiger partial charge in [0.25, 0.3) is 0 Å². The van der Waals surface area contributed by atoms with Gasteiger partial charge in [-0.3, -0.25) is 14.5 Å². The largest absolute Gasteiger partial charge is 0.335 e. The van der Waals surface area contributed by atoms with Crippen molar-refractivity contribution in [2.45, 2.75) is 46.1 Å². The molecule has 2 amide bonds. The van der Waals surface area contributed by atoms with Crippen LogP contribution in [-0.4, -0.2) is 54.3 Å². The summed E-state index contributed by atoms with van der Waals surface area (Å²) in [7, 11) is 1.70. The standard InChI is InChI=1S/C19H29N3O2/c1-14-8-7-9-15(2)19(14)20-17(23)12-21(4)18(24)13-22-11-6-5-10-16(22)3/h7-9,16H,5-6,10-13H2,1-4H3,(H,20,23)/t16-/m1/s1. The molecule has 1 aromatic carbocycles. The summed E-state index contributed by atoms with van der Waals surface area (Å²) in [4.78, 5) is 28.4. The number of anilines is 1. The number of nitrogens with zero attached hydrogens (tertiary/aromatic N) is 2. The van der Waals surface area contributed by atoms with Crippen molar-refractivity contribution >= 4 is 17.5 Å². The number of aryl methyl sites for hydroxylation is 2. The first-order chi connectivity index (χ1) is 11.4. The van der Waals surface area contributed by atoms with Crippen molar-refractivity contribution < 1.29 is 9.59 Å². The SMILES string of the molecule is Cc1cccc(C)c1NC(=O)CN(C)C(=O)CN1CCCC[C@H]1C. The summed E-state index contributed by atoms with van der Waals surface area (Å²) in [5, 5.41) is 2.93. The van der Waals surface area contributed by atoms with Gasteiger partial charge in [0, 0.05) is 18.8 Å². The van der Waals surface area contributed by atoms with Crippen molar-refractivity contribution in [3.05, 3.63) is 29.3 Å². The first kappa shape index (κ1) is 18.5. The van der Waals surface area contributed by atoms with Crippen LogP contribution in [0, 0.1) is 13.8 Å². The van der Waals surface area contributed by atoms with Crippen LogP contribution in [-0.2, 0) is 9.59 Å². The minimum absolute atomic E-state index is 0.000376. The highest BCUT2D eigenvalue weighted by molar-refractivity contribution is 5.95. The molecule has 0 spiro atoms. The lowest BCUT2D eigenvalue weighted by Gasteiger charge is -2.33. The molecule has 0 saturated carbocycles. The lowest BCUT2D eigenvalue weighted by Crippen LogP contribution is -2.46. The molecule has 2 rings (SSSR count). The van der Waals surface area contributed by atoms with Gasteiger partial charge in [0.2, 0.25) is 11.8 Å². The van der Waals surface area contributed by atoms with Crippen molar-refractivity contribution in [2.24, 2.45) is 0 Å². The Morgan fingerprint density at radius 2 is 1.92 bits per heavy atom. The van der Waals surface area contributed by atoms with E-state index in [1.165, 1.54) is 11.3 Å². The number of hydrogen-bond acceptors (Lipinski definition) is 3. The molecule has 5 heteroatoms. The number of nitrogens with one attached hydrogen (secondary N) is 1. The van der Waals surface area contributed by atoms with Gasteiger partial charge >= 0.3 is 0 Å². The zero-order valence-electron chi connectivity index (χ0n) is 15.3. The fraction of sp³-hybridized carbons (Fsp3) is 0.579. The smallest absolute Gasteiger partial charge is 0.243 e. The second-order valence-electron chi connectivity index (χ2n) is 6.88. The van der Waals surface area contributed by atoms with Crippen LogP contribution >= 0.6 is 0 Å². The summed E-state index contributed by atoms with van der Waals surface area (Å²) in [6.45, 7) is 7.54. The number of likely N-dealkylation sites (N-methyl/N-ethyl adjacent to an activating group) is 1. The number of likely N-dealkylation sites (tertiary alicyclic amines) is 1. The lowest BCUT2D eigenvalue weighted by molar-refractivity contribution is -0.135. The molecule has 1 atom stereocenters. The van der Waals surface area contributed by atoms with Crippen molar-refractivity contribution in [1.29, 1.82) is 0 Å². The molecule has 5 nitrogen and oxygen atoms in total. The highest BCUT2D eigenvalue weighted by Crippen LogP contribution is 2.19. The number of para-hydroxylation sites is 1. The Balaban J connectivity index is 1.87. The summed E-state index contributed by atoms with van der Waals surface area (Å²) in [5.41, 5.74) is 2.90. The number of benzene rings is 1. The van der Waals surface area contributed by atoms with E-state index in [1.807, 2.05) is 32.0 Å². The topological polar surface area (TPSA) is 52.7 Å². The Morgan fingerprint density at radius 1 is 1.25 bits per heavy atom. The second kappa shape index (κ2) is 8.29. The van der Waals surface area contributed by atoms with Crippen molar-refractivity contribution in [2.75, 3.05) is 32.0 Å². The van der Waals surface area contributed by atoms with E-state index in [-0.39, 0.29) is 18.4 Å². The molecule has 1 aliphatic rings. The molecular weight excluding hydrogens is 302 g/mol. The minimum Gasteiger partial charge on any atom is -0.335 e. The Hall–Kier alpha value is -1.88. The van der Waals surface area contributed by atoms with E-state index in [2.05, 4.69) is 17.1 Å². The number of amides is 2. The second-order valence-corrected chi connectivity index (χ2v) is 6.88. The van der Waals surface area contributed by atoms with Gasteiger partial charge in [0.05, 0.1) is 13.1 Å². The molecule has 1 aliphatic heterocycles. The van der Waals surface area contributed by atoms with Crippen molar-refractivity contribution in [3.8, 4) is 0 Å².